The number of nitrogen functional groups attached to an aromatic ring is 1. The van der Waals surface area contributed by atoms with Crippen molar-refractivity contribution in [3.05, 3.63) is 53.1 Å². The molecule has 2 N–H and O–H groups in total. The standard InChI is InChI=1S/C15H17ClN2O2S/c1-3-18(13-7-4-11(2)5-8-13)21(19,20)15-9-6-12(16)10-14(15)17/h4-10H,3,17H2,1-2H3. The maximum atomic E-state index is 12.8. The number of hydrogen-bond donors (Lipinski definition) is 1. The summed E-state index contributed by atoms with van der Waals surface area (Å²) in [5.74, 6) is 0. The first-order chi connectivity index (χ1) is 9.86. The average molecular weight is 325 g/mol. The van der Waals surface area contributed by atoms with Crippen LogP contribution in [0.2, 0.25) is 5.02 Å². The van der Waals surface area contributed by atoms with E-state index in [0.717, 1.165) is 5.56 Å². The van der Waals surface area contributed by atoms with Crippen LogP contribution in [0.15, 0.2) is 47.4 Å². The van der Waals surface area contributed by atoms with Crippen molar-refractivity contribution in [2.75, 3.05) is 16.6 Å². The molecule has 4 nitrogen and oxygen atoms in total. The highest BCUT2D eigenvalue weighted by molar-refractivity contribution is 7.93. The zero-order valence-corrected chi connectivity index (χ0v) is 13.4. The summed E-state index contributed by atoms with van der Waals surface area (Å²) in [6.45, 7) is 4.04. The third-order valence-electron chi connectivity index (χ3n) is 3.15. The molecule has 21 heavy (non-hydrogen) atoms. The maximum Gasteiger partial charge on any atom is 0.266 e. The fourth-order valence-electron chi connectivity index (χ4n) is 2.08. The Balaban J connectivity index is 2.51. The third kappa shape index (κ3) is 3.14. The van der Waals surface area contributed by atoms with E-state index < -0.39 is 10.0 Å². The molecule has 2 aromatic carbocycles. The van der Waals surface area contributed by atoms with E-state index in [4.69, 9.17) is 17.3 Å². The Labute approximate surface area is 130 Å². The Morgan fingerprint density at radius 1 is 1.14 bits per heavy atom. The smallest absolute Gasteiger partial charge is 0.266 e. The van der Waals surface area contributed by atoms with Crippen molar-refractivity contribution < 1.29 is 8.42 Å². The second-order valence-corrected chi connectivity index (χ2v) is 6.95. The summed E-state index contributed by atoms with van der Waals surface area (Å²) < 4.78 is 26.9. The minimum Gasteiger partial charge on any atom is -0.398 e. The molecule has 2 aromatic rings. The highest BCUT2D eigenvalue weighted by Gasteiger charge is 2.25. The molecule has 0 heterocycles. The molecule has 0 aliphatic carbocycles. The lowest BCUT2D eigenvalue weighted by Gasteiger charge is -2.23. The van der Waals surface area contributed by atoms with Gasteiger partial charge in [-0.2, -0.15) is 0 Å². The van der Waals surface area contributed by atoms with Crippen molar-refractivity contribution in [2.45, 2.75) is 18.7 Å². The second-order valence-electron chi connectivity index (χ2n) is 4.69. The van der Waals surface area contributed by atoms with Crippen LogP contribution in [0.1, 0.15) is 12.5 Å². The van der Waals surface area contributed by atoms with Gasteiger partial charge in [-0.05, 0) is 44.2 Å². The number of anilines is 2. The van der Waals surface area contributed by atoms with Gasteiger partial charge in [-0.1, -0.05) is 29.3 Å². The first kappa shape index (κ1) is 15.7. The Hall–Kier alpha value is -1.72. The average Bonchev–Trinajstić information content (AvgIpc) is 2.41. The fourth-order valence-corrected chi connectivity index (χ4v) is 3.83. The Bertz CT molecular complexity index is 743. The molecule has 0 bridgehead atoms. The summed E-state index contributed by atoms with van der Waals surface area (Å²) in [4.78, 5) is 0.0642. The number of aryl methyl sites for hydroxylation is 1. The van der Waals surface area contributed by atoms with Gasteiger partial charge in [0, 0.05) is 11.6 Å². The predicted molar refractivity (Wildman–Crippen MR) is 87.2 cm³/mol. The Morgan fingerprint density at radius 3 is 2.29 bits per heavy atom. The van der Waals surface area contributed by atoms with Gasteiger partial charge in [0.25, 0.3) is 10.0 Å². The van der Waals surface area contributed by atoms with Gasteiger partial charge in [0.05, 0.1) is 11.4 Å². The summed E-state index contributed by atoms with van der Waals surface area (Å²) in [7, 11) is -3.71. The summed E-state index contributed by atoms with van der Waals surface area (Å²) in [5.41, 5.74) is 7.63. The molecular formula is C15H17ClN2O2S. The van der Waals surface area contributed by atoms with Crippen LogP contribution in [-0.4, -0.2) is 15.0 Å². The predicted octanol–water partition coefficient (Wildman–Crippen LogP) is 3.45. The fraction of sp³-hybridized carbons (Fsp3) is 0.200. The molecule has 2 rings (SSSR count). The van der Waals surface area contributed by atoms with Crippen LogP contribution in [0, 0.1) is 6.92 Å². The molecule has 0 radical (unpaired) electrons. The van der Waals surface area contributed by atoms with E-state index in [1.807, 2.05) is 19.1 Å². The van der Waals surface area contributed by atoms with E-state index >= 15 is 0 Å². The van der Waals surface area contributed by atoms with Gasteiger partial charge in [-0.25, -0.2) is 8.42 Å². The van der Waals surface area contributed by atoms with Crippen molar-refractivity contribution in [2.24, 2.45) is 0 Å². The van der Waals surface area contributed by atoms with Crippen LogP contribution in [0.5, 0.6) is 0 Å². The third-order valence-corrected chi connectivity index (χ3v) is 5.36. The largest absolute Gasteiger partial charge is 0.398 e. The first-order valence-electron chi connectivity index (χ1n) is 6.50. The molecule has 6 heteroatoms. The molecule has 0 aromatic heterocycles. The van der Waals surface area contributed by atoms with Crippen LogP contribution < -0.4 is 10.0 Å². The number of sulfonamides is 1. The zero-order valence-electron chi connectivity index (χ0n) is 11.9. The van der Waals surface area contributed by atoms with Crippen molar-refractivity contribution in [3.8, 4) is 0 Å². The van der Waals surface area contributed by atoms with E-state index in [-0.39, 0.29) is 10.6 Å². The van der Waals surface area contributed by atoms with Crippen molar-refractivity contribution in [3.63, 3.8) is 0 Å². The highest BCUT2D eigenvalue weighted by Crippen LogP contribution is 2.28. The van der Waals surface area contributed by atoms with E-state index in [1.165, 1.54) is 22.5 Å². The molecule has 0 spiro atoms. The number of halogens is 1. The van der Waals surface area contributed by atoms with Gasteiger partial charge in [-0.15, -0.1) is 0 Å². The van der Waals surface area contributed by atoms with E-state index in [0.29, 0.717) is 17.3 Å². The van der Waals surface area contributed by atoms with Crippen molar-refractivity contribution in [1.29, 1.82) is 0 Å². The molecule has 0 aliphatic heterocycles. The summed E-state index contributed by atoms with van der Waals surface area (Å²) in [6, 6.07) is 11.7. The molecule has 112 valence electrons. The van der Waals surface area contributed by atoms with E-state index in [1.54, 1.807) is 19.1 Å². The molecular weight excluding hydrogens is 308 g/mol. The van der Waals surface area contributed by atoms with Gasteiger partial charge >= 0.3 is 0 Å². The number of nitrogens with zero attached hydrogens (tertiary/aromatic N) is 1. The molecule has 0 amide bonds. The molecule has 0 saturated carbocycles. The highest BCUT2D eigenvalue weighted by atomic mass is 35.5. The van der Waals surface area contributed by atoms with Crippen molar-refractivity contribution in [1.82, 2.24) is 0 Å². The monoisotopic (exact) mass is 324 g/mol. The van der Waals surface area contributed by atoms with Crippen molar-refractivity contribution >= 4 is 33.0 Å². The van der Waals surface area contributed by atoms with Gasteiger partial charge in [0.2, 0.25) is 0 Å². The summed E-state index contributed by atoms with van der Waals surface area (Å²) >= 11 is 5.83. The zero-order chi connectivity index (χ0) is 15.6. The topological polar surface area (TPSA) is 63.4 Å². The quantitative estimate of drug-likeness (QED) is 0.876. The SMILES string of the molecule is CCN(c1ccc(C)cc1)S(=O)(=O)c1ccc(Cl)cc1N. The molecule has 0 unspecified atom stereocenters. The van der Waals surface area contributed by atoms with Gasteiger partial charge in [0.15, 0.2) is 0 Å². The van der Waals surface area contributed by atoms with E-state index in [9.17, 15) is 8.42 Å². The van der Waals surface area contributed by atoms with Crippen LogP contribution >= 0.6 is 11.6 Å². The minimum absolute atomic E-state index is 0.0642. The number of hydrogen-bond acceptors (Lipinski definition) is 3. The molecule has 0 saturated heterocycles. The van der Waals surface area contributed by atoms with Gasteiger partial charge in [-0.3, -0.25) is 4.31 Å². The maximum absolute atomic E-state index is 12.8. The second kappa shape index (κ2) is 5.95. The van der Waals surface area contributed by atoms with Gasteiger partial charge < -0.3 is 5.73 Å². The molecule has 0 fully saturated rings. The number of benzene rings is 2. The van der Waals surface area contributed by atoms with Gasteiger partial charge in [0.1, 0.15) is 4.90 Å². The lowest BCUT2D eigenvalue weighted by Crippen LogP contribution is -2.31. The Kier molecular flexibility index (Phi) is 4.44. The number of rotatable bonds is 4. The van der Waals surface area contributed by atoms with Crippen LogP contribution in [0.25, 0.3) is 0 Å². The van der Waals surface area contributed by atoms with Crippen LogP contribution in [0.3, 0.4) is 0 Å². The summed E-state index contributed by atoms with van der Waals surface area (Å²) in [5, 5.41) is 0.407. The normalized spacial score (nSPS) is 11.4. The minimum atomic E-state index is -3.71. The Morgan fingerprint density at radius 2 is 1.76 bits per heavy atom. The van der Waals surface area contributed by atoms with Crippen LogP contribution in [-0.2, 0) is 10.0 Å². The lowest BCUT2D eigenvalue weighted by molar-refractivity contribution is 0.592. The first-order valence-corrected chi connectivity index (χ1v) is 8.32. The number of nitrogens with two attached hydrogens (primary N) is 1. The van der Waals surface area contributed by atoms with E-state index in [2.05, 4.69) is 0 Å². The van der Waals surface area contributed by atoms with Crippen LogP contribution in [0.4, 0.5) is 11.4 Å². The molecule has 0 atom stereocenters. The summed E-state index contributed by atoms with van der Waals surface area (Å²) in [6.07, 6.45) is 0. The molecule has 0 aliphatic rings. The lowest BCUT2D eigenvalue weighted by atomic mass is 10.2.